The van der Waals surface area contributed by atoms with Gasteiger partial charge >= 0.3 is 5.97 Å². The zero-order valence-electron chi connectivity index (χ0n) is 10.4. The lowest BCUT2D eigenvalue weighted by Gasteiger charge is -2.38. The number of nitrogens with zero attached hydrogens (tertiary/aromatic N) is 2. The van der Waals surface area contributed by atoms with Crippen LogP contribution in [0, 0.1) is 0 Å². The first-order chi connectivity index (χ1) is 8.32. The van der Waals surface area contributed by atoms with E-state index >= 15 is 0 Å². The molecule has 1 aliphatic rings. The van der Waals surface area contributed by atoms with Crippen LogP contribution in [0.4, 0.5) is 0 Å². The minimum absolute atomic E-state index is 0. The Balaban J connectivity index is 0.00000324. The van der Waals surface area contributed by atoms with E-state index in [0.29, 0.717) is 6.42 Å². The fourth-order valence-electron chi connectivity index (χ4n) is 1.92. The topological polar surface area (TPSA) is 139 Å². The molecule has 0 aliphatic carbocycles. The lowest BCUT2D eigenvalue weighted by Crippen LogP contribution is -2.55. The summed E-state index contributed by atoms with van der Waals surface area (Å²) in [4.78, 5) is 37.9. The van der Waals surface area contributed by atoms with E-state index in [9.17, 15) is 14.4 Å². The fourth-order valence-corrected chi connectivity index (χ4v) is 1.92. The number of likely N-dealkylation sites (tertiary alicyclic amines) is 1. The summed E-state index contributed by atoms with van der Waals surface area (Å²) in [6.45, 7) is 1.30. The molecule has 1 fully saturated rings. The van der Waals surface area contributed by atoms with Gasteiger partial charge in [0.2, 0.25) is 11.8 Å². The number of hydrogen-bond donors (Lipinski definition) is 3. The number of carbonyl (C=O) groups excluding carboxylic acids is 2. The molecule has 0 spiro atoms. The molecule has 5 N–H and O–H groups in total. The first-order valence-corrected chi connectivity index (χ1v) is 5.47. The monoisotopic (exact) mass is 292 g/mol. The number of amides is 2. The quantitative estimate of drug-likeness (QED) is 0.339. The van der Waals surface area contributed by atoms with Crippen molar-refractivity contribution in [3.05, 3.63) is 0 Å². The number of carbonyl (C=O) groups is 3. The SMILES string of the molecule is CC(=O)N1C(=O)CC1CCC(N=C(N)N)C(=O)O.Cl. The van der Waals surface area contributed by atoms with Gasteiger partial charge in [0.05, 0.1) is 0 Å². The first kappa shape index (κ1) is 17.2. The van der Waals surface area contributed by atoms with Gasteiger partial charge in [-0.15, -0.1) is 12.4 Å². The van der Waals surface area contributed by atoms with Crippen LogP contribution in [0.15, 0.2) is 4.99 Å². The van der Waals surface area contributed by atoms with Crippen LogP contribution >= 0.6 is 12.4 Å². The highest BCUT2D eigenvalue weighted by atomic mass is 35.5. The normalized spacial score (nSPS) is 18.9. The molecule has 0 bridgehead atoms. The van der Waals surface area contributed by atoms with E-state index < -0.39 is 12.0 Å². The van der Waals surface area contributed by atoms with Crippen LogP contribution in [0.25, 0.3) is 0 Å². The van der Waals surface area contributed by atoms with E-state index in [-0.39, 0.29) is 49.1 Å². The number of β-lactam (4-membered cyclic amide) rings is 1. The van der Waals surface area contributed by atoms with Crippen molar-refractivity contribution in [2.24, 2.45) is 16.5 Å². The number of aliphatic imine (C=N–C) groups is 1. The largest absolute Gasteiger partial charge is 0.480 e. The Bertz CT molecular complexity index is 400. The van der Waals surface area contributed by atoms with Gasteiger partial charge in [0.1, 0.15) is 0 Å². The Morgan fingerprint density at radius 3 is 2.47 bits per heavy atom. The predicted octanol–water partition coefficient (Wildman–Crippen LogP) is -0.938. The summed E-state index contributed by atoms with van der Waals surface area (Å²) in [5, 5.41) is 8.89. The number of aliphatic carboxylic acids is 1. The molecule has 0 aromatic carbocycles. The van der Waals surface area contributed by atoms with E-state index in [1.807, 2.05) is 0 Å². The van der Waals surface area contributed by atoms with Crippen molar-refractivity contribution in [1.29, 1.82) is 0 Å². The minimum Gasteiger partial charge on any atom is -0.480 e. The number of carboxylic acid groups (broad SMARTS) is 1. The molecule has 0 radical (unpaired) electrons. The number of carboxylic acids is 1. The van der Waals surface area contributed by atoms with Gasteiger partial charge in [0, 0.05) is 19.4 Å². The molecule has 2 unspecified atom stereocenters. The second-order valence-electron chi connectivity index (χ2n) is 4.13. The summed E-state index contributed by atoms with van der Waals surface area (Å²) in [7, 11) is 0. The third-order valence-corrected chi connectivity index (χ3v) is 2.75. The highest BCUT2D eigenvalue weighted by Crippen LogP contribution is 2.24. The van der Waals surface area contributed by atoms with Crippen molar-refractivity contribution in [2.45, 2.75) is 38.3 Å². The van der Waals surface area contributed by atoms with Crippen LogP contribution in [0.5, 0.6) is 0 Å². The van der Waals surface area contributed by atoms with Gasteiger partial charge in [-0.2, -0.15) is 0 Å². The van der Waals surface area contributed by atoms with E-state index in [2.05, 4.69) is 4.99 Å². The van der Waals surface area contributed by atoms with Gasteiger partial charge < -0.3 is 16.6 Å². The van der Waals surface area contributed by atoms with Crippen LogP contribution in [0.1, 0.15) is 26.2 Å². The number of halogens is 1. The van der Waals surface area contributed by atoms with E-state index in [4.69, 9.17) is 16.6 Å². The van der Waals surface area contributed by atoms with Gasteiger partial charge in [-0.1, -0.05) is 0 Å². The average molecular weight is 293 g/mol. The number of hydrogen-bond acceptors (Lipinski definition) is 4. The average Bonchev–Trinajstić information content (AvgIpc) is 2.19. The maximum Gasteiger partial charge on any atom is 0.328 e. The first-order valence-electron chi connectivity index (χ1n) is 5.47. The van der Waals surface area contributed by atoms with Gasteiger partial charge in [0.25, 0.3) is 0 Å². The smallest absolute Gasteiger partial charge is 0.328 e. The molecule has 1 rings (SSSR count). The Labute approximate surface area is 116 Å². The second kappa shape index (κ2) is 6.93. The van der Waals surface area contributed by atoms with E-state index in [1.54, 1.807) is 0 Å². The van der Waals surface area contributed by atoms with Crippen molar-refractivity contribution in [3.8, 4) is 0 Å². The van der Waals surface area contributed by atoms with Crippen molar-refractivity contribution >= 4 is 36.2 Å². The van der Waals surface area contributed by atoms with Gasteiger partial charge in [-0.3, -0.25) is 14.5 Å². The molecule has 19 heavy (non-hydrogen) atoms. The third-order valence-electron chi connectivity index (χ3n) is 2.75. The summed E-state index contributed by atoms with van der Waals surface area (Å²) in [5.41, 5.74) is 10.3. The molecular weight excluding hydrogens is 276 g/mol. The Kier molecular flexibility index (Phi) is 6.26. The van der Waals surface area contributed by atoms with Crippen LogP contribution in [-0.2, 0) is 14.4 Å². The summed E-state index contributed by atoms with van der Waals surface area (Å²) in [6.07, 6.45) is 0.807. The zero-order chi connectivity index (χ0) is 13.9. The molecule has 8 nitrogen and oxygen atoms in total. The van der Waals surface area contributed by atoms with E-state index in [1.165, 1.54) is 6.92 Å². The van der Waals surface area contributed by atoms with Gasteiger partial charge in [-0.25, -0.2) is 9.79 Å². The van der Waals surface area contributed by atoms with Crippen LogP contribution in [-0.4, -0.2) is 45.8 Å². The van der Waals surface area contributed by atoms with Gasteiger partial charge in [-0.05, 0) is 12.8 Å². The van der Waals surface area contributed by atoms with Crippen molar-refractivity contribution < 1.29 is 19.5 Å². The standard InChI is InChI=1S/C10H16N4O4.ClH/c1-5(15)14-6(4-8(14)16)2-3-7(9(17)18)13-10(11)12;/h6-7H,2-4H2,1H3,(H,17,18)(H4,11,12,13);1H. The second-order valence-corrected chi connectivity index (χ2v) is 4.13. The molecule has 108 valence electrons. The van der Waals surface area contributed by atoms with Gasteiger partial charge in [0.15, 0.2) is 12.0 Å². The summed E-state index contributed by atoms with van der Waals surface area (Å²) < 4.78 is 0. The number of guanidine groups is 1. The highest BCUT2D eigenvalue weighted by molar-refractivity contribution is 5.99. The predicted molar refractivity (Wildman–Crippen MR) is 69.6 cm³/mol. The van der Waals surface area contributed by atoms with Crippen LogP contribution in [0.2, 0.25) is 0 Å². The maximum absolute atomic E-state index is 11.2. The van der Waals surface area contributed by atoms with Crippen LogP contribution < -0.4 is 11.5 Å². The fraction of sp³-hybridized carbons (Fsp3) is 0.600. The molecule has 2 amide bonds. The van der Waals surface area contributed by atoms with Crippen molar-refractivity contribution in [3.63, 3.8) is 0 Å². The number of imide groups is 1. The summed E-state index contributed by atoms with van der Waals surface area (Å²) >= 11 is 0. The molecule has 9 heteroatoms. The molecule has 0 saturated carbocycles. The molecule has 1 aliphatic heterocycles. The molecule has 1 saturated heterocycles. The molecule has 1 heterocycles. The zero-order valence-corrected chi connectivity index (χ0v) is 11.2. The lowest BCUT2D eigenvalue weighted by molar-refractivity contribution is -0.157. The number of nitrogens with two attached hydrogens (primary N) is 2. The Morgan fingerprint density at radius 2 is 2.11 bits per heavy atom. The highest BCUT2D eigenvalue weighted by Gasteiger charge is 2.39. The number of rotatable bonds is 5. The Hall–Kier alpha value is -1.83. The van der Waals surface area contributed by atoms with Crippen LogP contribution in [0.3, 0.4) is 0 Å². The molecular formula is C10H17ClN4O4. The third kappa shape index (κ3) is 4.40. The van der Waals surface area contributed by atoms with Crippen molar-refractivity contribution in [1.82, 2.24) is 4.90 Å². The van der Waals surface area contributed by atoms with Crippen molar-refractivity contribution in [2.75, 3.05) is 0 Å². The lowest BCUT2D eigenvalue weighted by atomic mass is 9.95. The Morgan fingerprint density at radius 1 is 1.53 bits per heavy atom. The minimum atomic E-state index is -1.14. The molecule has 0 aromatic heterocycles. The summed E-state index contributed by atoms with van der Waals surface area (Å²) in [6, 6.07) is -1.29. The molecule has 2 atom stereocenters. The summed E-state index contributed by atoms with van der Waals surface area (Å²) in [5.74, 6) is -2.00. The maximum atomic E-state index is 11.2. The van der Waals surface area contributed by atoms with E-state index in [0.717, 1.165) is 4.90 Å². The molecule has 0 aromatic rings.